The van der Waals surface area contributed by atoms with Gasteiger partial charge in [-0.1, -0.05) is 36.3 Å². The molecule has 0 radical (unpaired) electrons. The lowest BCUT2D eigenvalue weighted by Crippen LogP contribution is -2.17. The van der Waals surface area contributed by atoms with Gasteiger partial charge >= 0.3 is 0 Å². The molecule has 1 unspecified atom stereocenters. The molecule has 0 spiro atoms. The second-order valence-electron chi connectivity index (χ2n) is 4.42. The Kier molecular flexibility index (Phi) is 3.37. The van der Waals surface area contributed by atoms with Crippen molar-refractivity contribution < 1.29 is 13.9 Å². The van der Waals surface area contributed by atoms with E-state index in [1.54, 1.807) is 24.3 Å². The van der Waals surface area contributed by atoms with Gasteiger partial charge < -0.3 is 5.11 Å². The van der Waals surface area contributed by atoms with E-state index in [0.29, 0.717) is 11.1 Å². The van der Waals surface area contributed by atoms with Crippen LogP contribution in [0.4, 0.5) is 8.78 Å². The third-order valence-electron chi connectivity index (χ3n) is 2.98. The number of terminal acetylenes is 1. The summed E-state index contributed by atoms with van der Waals surface area (Å²) in [6.07, 6.45) is 5.23. The van der Waals surface area contributed by atoms with E-state index in [2.05, 4.69) is 5.92 Å². The second kappa shape index (κ2) is 4.83. The molecule has 0 heterocycles. The van der Waals surface area contributed by atoms with Gasteiger partial charge in [0.15, 0.2) is 11.6 Å². The summed E-state index contributed by atoms with van der Waals surface area (Å²) < 4.78 is 26.0. The van der Waals surface area contributed by atoms with E-state index in [0.717, 1.165) is 17.7 Å². The van der Waals surface area contributed by atoms with Crippen LogP contribution < -0.4 is 0 Å². The lowest BCUT2D eigenvalue weighted by atomic mass is 9.94. The first kappa shape index (κ1) is 13.3. The first-order valence-corrected chi connectivity index (χ1v) is 5.70. The van der Waals surface area contributed by atoms with Crippen LogP contribution in [0.3, 0.4) is 0 Å². The number of benzene rings is 2. The zero-order valence-electron chi connectivity index (χ0n) is 10.3. The molecule has 0 aliphatic heterocycles. The van der Waals surface area contributed by atoms with Gasteiger partial charge in [-0.3, -0.25) is 0 Å². The lowest BCUT2D eigenvalue weighted by Gasteiger charge is -2.17. The maximum Gasteiger partial charge on any atom is 0.159 e. The fourth-order valence-electron chi connectivity index (χ4n) is 1.75. The van der Waals surface area contributed by atoms with E-state index in [4.69, 9.17) is 6.42 Å². The predicted molar refractivity (Wildman–Crippen MR) is 70.2 cm³/mol. The number of aliphatic hydroxyl groups is 1. The summed E-state index contributed by atoms with van der Waals surface area (Å²) in [5, 5.41) is 9.89. The fourth-order valence-corrected chi connectivity index (χ4v) is 1.75. The number of halogens is 2. The third kappa shape index (κ3) is 2.64. The van der Waals surface area contributed by atoms with Gasteiger partial charge in [0, 0.05) is 0 Å². The number of rotatable bonds is 2. The van der Waals surface area contributed by atoms with E-state index >= 15 is 0 Å². The normalized spacial score (nSPS) is 13.6. The van der Waals surface area contributed by atoms with E-state index < -0.39 is 17.2 Å². The van der Waals surface area contributed by atoms with Crippen LogP contribution in [0.5, 0.6) is 0 Å². The molecule has 0 saturated heterocycles. The first-order chi connectivity index (χ1) is 8.94. The Hall–Kier alpha value is -2.18. The van der Waals surface area contributed by atoms with E-state index in [9.17, 15) is 13.9 Å². The highest BCUT2D eigenvalue weighted by atomic mass is 19.2. The Morgan fingerprint density at radius 1 is 1.00 bits per heavy atom. The Morgan fingerprint density at radius 2 is 1.58 bits per heavy atom. The van der Waals surface area contributed by atoms with Crippen LogP contribution in [0, 0.1) is 24.0 Å². The van der Waals surface area contributed by atoms with Crippen molar-refractivity contribution in [2.24, 2.45) is 0 Å². The summed E-state index contributed by atoms with van der Waals surface area (Å²) in [6, 6.07) is 10.4. The maximum absolute atomic E-state index is 13.1. The van der Waals surface area contributed by atoms with E-state index in [1.807, 2.05) is 0 Å². The van der Waals surface area contributed by atoms with Gasteiger partial charge in [-0.15, -0.1) is 6.42 Å². The molecule has 19 heavy (non-hydrogen) atoms. The second-order valence-corrected chi connectivity index (χ2v) is 4.42. The van der Waals surface area contributed by atoms with Crippen LogP contribution >= 0.6 is 0 Å². The summed E-state index contributed by atoms with van der Waals surface area (Å²) in [5.41, 5.74) is 0.509. The molecule has 3 heteroatoms. The minimum Gasteiger partial charge on any atom is -0.374 e. The smallest absolute Gasteiger partial charge is 0.159 e. The molecule has 1 nitrogen and oxygen atoms in total. The highest BCUT2D eigenvalue weighted by Gasteiger charge is 2.19. The van der Waals surface area contributed by atoms with Gasteiger partial charge in [-0.05, 0) is 35.7 Å². The van der Waals surface area contributed by atoms with E-state index in [1.165, 1.54) is 13.0 Å². The van der Waals surface area contributed by atoms with Crippen molar-refractivity contribution in [3.8, 4) is 23.5 Å². The summed E-state index contributed by atoms with van der Waals surface area (Å²) >= 11 is 0. The summed E-state index contributed by atoms with van der Waals surface area (Å²) in [5.74, 6) is 0.509. The van der Waals surface area contributed by atoms with Gasteiger partial charge in [0.25, 0.3) is 0 Å². The average molecular weight is 258 g/mol. The minimum absolute atomic E-state index is 0.561. The summed E-state index contributed by atoms with van der Waals surface area (Å²) in [4.78, 5) is 0. The highest BCUT2D eigenvalue weighted by Crippen LogP contribution is 2.25. The van der Waals surface area contributed by atoms with Crippen LogP contribution in [-0.2, 0) is 5.60 Å². The zero-order valence-corrected chi connectivity index (χ0v) is 10.3. The molecule has 2 aromatic rings. The molecule has 0 aliphatic carbocycles. The molecule has 0 aromatic heterocycles. The van der Waals surface area contributed by atoms with Crippen LogP contribution in [0.15, 0.2) is 42.5 Å². The molecule has 1 N–H and O–H groups in total. The van der Waals surface area contributed by atoms with Crippen molar-refractivity contribution in [3.05, 3.63) is 59.7 Å². The fraction of sp³-hybridized carbons (Fsp3) is 0.125. The minimum atomic E-state index is -1.34. The molecule has 0 aliphatic rings. The molecule has 2 rings (SSSR count). The molecular weight excluding hydrogens is 246 g/mol. The van der Waals surface area contributed by atoms with Gasteiger partial charge in [-0.2, -0.15) is 0 Å². The highest BCUT2D eigenvalue weighted by molar-refractivity contribution is 5.64. The Labute approximate surface area is 110 Å². The standard InChI is InChI=1S/C16H12F2O/c1-3-16(2,19)13-7-4-11(5-8-13)12-6-9-14(17)15(18)10-12/h1,4-10,19H,2H3. The molecular formula is C16H12F2O. The Balaban J connectivity index is 2.38. The molecule has 0 saturated carbocycles. The van der Waals surface area contributed by atoms with Crippen molar-refractivity contribution in [2.75, 3.05) is 0 Å². The zero-order chi connectivity index (χ0) is 14.0. The molecule has 1 atom stereocenters. The van der Waals surface area contributed by atoms with Crippen LogP contribution in [0.25, 0.3) is 11.1 Å². The van der Waals surface area contributed by atoms with Crippen molar-refractivity contribution in [2.45, 2.75) is 12.5 Å². The molecule has 96 valence electrons. The van der Waals surface area contributed by atoms with Gasteiger partial charge in [0.1, 0.15) is 5.60 Å². The Morgan fingerprint density at radius 3 is 2.11 bits per heavy atom. The quantitative estimate of drug-likeness (QED) is 0.818. The average Bonchev–Trinajstić information content (AvgIpc) is 2.42. The first-order valence-electron chi connectivity index (χ1n) is 5.70. The predicted octanol–water partition coefficient (Wildman–Crippen LogP) is 3.47. The van der Waals surface area contributed by atoms with Crippen LogP contribution in [-0.4, -0.2) is 5.11 Å². The maximum atomic E-state index is 13.1. The molecule has 0 amide bonds. The SMILES string of the molecule is C#CC(C)(O)c1ccc(-c2ccc(F)c(F)c2)cc1. The van der Waals surface area contributed by atoms with Gasteiger partial charge in [0.05, 0.1) is 0 Å². The summed E-state index contributed by atoms with van der Waals surface area (Å²) in [7, 11) is 0. The molecule has 2 aromatic carbocycles. The molecule has 0 fully saturated rings. The third-order valence-corrected chi connectivity index (χ3v) is 2.98. The Bertz CT molecular complexity index is 637. The van der Waals surface area contributed by atoms with Crippen molar-refractivity contribution >= 4 is 0 Å². The van der Waals surface area contributed by atoms with E-state index in [-0.39, 0.29) is 0 Å². The van der Waals surface area contributed by atoms with Gasteiger partial charge in [0.2, 0.25) is 0 Å². The van der Waals surface area contributed by atoms with Crippen molar-refractivity contribution in [1.29, 1.82) is 0 Å². The lowest BCUT2D eigenvalue weighted by molar-refractivity contribution is 0.122. The largest absolute Gasteiger partial charge is 0.374 e. The number of hydrogen-bond acceptors (Lipinski definition) is 1. The monoisotopic (exact) mass is 258 g/mol. The van der Waals surface area contributed by atoms with Crippen molar-refractivity contribution in [3.63, 3.8) is 0 Å². The molecule has 0 bridgehead atoms. The summed E-state index contributed by atoms with van der Waals surface area (Å²) in [6.45, 7) is 1.51. The van der Waals surface area contributed by atoms with Crippen LogP contribution in [0.2, 0.25) is 0 Å². The van der Waals surface area contributed by atoms with Crippen molar-refractivity contribution in [1.82, 2.24) is 0 Å². The topological polar surface area (TPSA) is 20.2 Å². The number of hydrogen-bond donors (Lipinski definition) is 1. The van der Waals surface area contributed by atoms with Crippen LogP contribution in [0.1, 0.15) is 12.5 Å². The van der Waals surface area contributed by atoms with Gasteiger partial charge in [-0.25, -0.2) is 8.78 Å².